The van der Waals surface area contributed by atoms with Crippen molar-refractivity contribution in [2.24, 2.45) is 5.92 Å². The zero-order valence-electron chi connectivity index (χ0n) is 16.4. The van der Waals surface area contributed by atoms with E-state index in [1.165, 1.54) is 13.3 Å². The van der Waals surface area contributed by atoms with E-state index in [0.29, 0.717) is 53.8 Å². The first-order valence-corrected chi connectivity index (χ1v) is 9.79. The first kappa shape index (κ1) is 21.4. The minimum atomic E-state index is -0.189. The molecule has 2 aromatic rings. The third-order valence-electron chi connectivity index (χ3n) is 4.84. The summed E-state index contributed by atoms with van der Waals surface area (Å²) >= 11 is 5.80. The number of nitrogens with one attached hydrogen (secondary N) is 1. The van der Waals surface area contributed by atoms with E-state index in [2.05, 4.69) is 10.3 Å². The third kappa shape index (κ3) is 5.39. The van der Waals surface area contributed by atoms with E-state index in [0.717, 1.165) is 0 Å². The fourth-order valence-corrected chi connectivity index (χ4v) is 3.27. The van der Waals surface area contributed by atoms with E-state index in [-0.39, 0.29) is 24.3 Å². The Bertz CT molecular complexity index is 950. The van der Waals surface area contributed by atoms with Gasteiger partial charge in [0.2, 0.25) is 5.91 Å². The molecule has 1 aromatic carbocycles. The summed E-state index contributed by atoms with van der Waals surface area (Å²) in [6.07, 6.45) is 2.60. The average Bonchev–Trinajstić information content (AvgIpc) is 2.78. The van der Waals surface area contributed by atoms with Gasteiger partial charge in [0.25, 0.3) is 5.91 Å². The zero-order chi connectivity index (χ0) is 21.5. The molecular weight excluding hydrogens is 408 g/mol. The fraction of sp³-hybridized carbons (Fsp3) is 0.333. The van der Waals surface area contributed by atoms with Crippen LogP contribution in [0.2, 0.25) is 5.02 Å². The number of carbonyl (C=O) groups is 2. The van der Waals surface area contributed by atoms with Crippen molar-refractivity contribution in [3.05, 3.63) is 47.1 Å². The minimum Gasteiger partial charge on any atom is -0.493 e. The number of piperidine rings is 1. The Kier molecular flexibility index (Phi) is 7.09. The minimum absolute atomic E-state index is 0.115. The first-order chi connectivity index (χ1) is 14.5. The monoisotopic (exact) mass is 428 g/mol. The van der Waals surface area contributed by atoms with Crippen LogP contribution in [0.4, 0.5) is 5.82 Å². The number of nitrogens with zero attached hydrogens (tertiary/aromatic N) is 3. The highest BCUT2D eigenvalue weighted by Crippen LogP contribution is 2.28. The van der Waals surface area contributed by atoms with Gasteiger partial charge in [0.05, 0.1) is 23.8 Å². The van der Waals surface area contributed by atoms with Crippen LogP contribution < -0.4 is 14.8 Å². The number of hydrogen-bond donors (Lipinski definition) is 1. The lowest BCUT2D eigenvalue weighted by atomic mass is 9.96. The molecule has 0 spiro atoms. The van der Waals surface area contributed by atoms with Gasteiger partial charge in [-0.05, 0) is 37.1 Å². The SMILES string of the molecule is COc1cc(C#N)ccc1OCC(=O)N1CCC(C(=O)Nc2ccc(Cl)cn2)CC1. The van der Waals surface area contributed by atoms with Gasteiger partial charge in [0.1, 0.15) is 5.82 Å². The molecule has 0 aliphatic carbocycles. The fourth-order valence-electron chi connectivity index (χ4n) is 3.16. The second-order valence-corrected chi connectivity index (χ2v) is 7.21. The van der Waals surface area contributed by atoms with Gasteiger partial charge in [-0.2, -0.15) is 5.26 Å². The Balaban J connectivity index is 1.48. The van der Waals surface area contributed by atoms with Crippen molar-refractivity contribution in [2.45, 2.75) is 12.8 Å². The number of rotatable bonds is 6. The van der Waals surface area contributed by atoms with Crippen molar-refractivity contribution < 1.29 is 19.1 Å². The molecule has 1 aromatic heterocycles. The summed E-state index contributed by atoms with van der Waals surface area (Å²) in [6, 6.07) is 10.1. The summed E-state index contributed by atoms with van der Waals surface area (Å²) in [4.78, 5) is 30.6. The van der Waals surface area contributed by atoms with E-state index in [1.807, 2.05) is 6.07 Å². The first-order valence-electron chi connectivity index (χ1n) is 9.41. The lowest BCUT2D eigenvalue weighted by Crippen LogP contribution is -2.43. The van der Waals surface area contributed by atoms with Gasteiger partial charge >= 0.3 is 0 Å². The number of methoxy groups -OCH3 is 1. The largest absolute Gasteiger partial charge is 0.493 e. The molecule has 2 amide bonds. The van der Waals surface area contributed by atoms with Crippen LogP contribution in [0.3, 0.4) is 0 Å². The Morgan fingerprint density at radius 2 is 2.03 bits per heavy atom. The van der Waals surface area contributed by atoms with Crippen LogP contribution in [0.1, 0.15) is 18.4 Å². The van der Waals surface area contributed by atoms with Crippen LogP contribution in [-0.2, 0) is 9.59 Å². The number of benzene rings is 1. The molecule has 156 valence electrons. The molecular formula is C21H21ClN4O4. The summed E-state index contributed by atoms with van der Waals surface area (Å²) in [6.45, 7) is 0.797. The van der Waals surface area contributed by atoms with Crippen molar-refractivity contribution >= 4 is 29.2 Å². The summed E-state index contributed by atoms with van der Waals surface area (Å²) < 4.78 is 10.8. The van der Waals surface area contributed by atoms with Crippen LogP contribution in [-0.4, -0.2) is 48.5 Å². The highest BCUT2D eigenvalue weighted by Gasteiger charge is 2.27. The highest BCUT2D eigenvalue weighted by molar-refractivity contribution is 6.30. The van der Waals surface area contributed by atoms with E-state index >= 15 is 0 Å². The molecule has 1 aliphatic rings. The normalized spacial score (nSPS) is 14.0. The number of aromatic nitrogens is 1. The number of anilines is 1. The lowest BCUT2D eigenvalue weighted by molar-refractivity contribution is -0.136. The number of ether oxygens (including phenoxy) is 2. The smallest absolute Gasteiger partial charge is 0.260 e. The molecule has 0 saturated carbocycles. The lowest BCUT2D eigenvalue weighted by Gasteiger charge is -2.31. The predicted molar refractivity (Wildman–Crippen MR) is 110 cm³/mol. The van der Waals surface area contributed by atoms with Crippen molar-refractivity contribution in [2.75, 3.05) is 32.1 Å². The molecule has 0 radical (unpaired) electrons. The Hall–Kier alpha value is -3.31. The molecule has 0 unspecified atom stereocenters. The highest BCUT2D eigenvalue weighted by atomic mass is 35.5. The number of pyridine rings is 1. The molecule has 1 N–H and O–H groups in total. The van der Waals surface area contributed by atoms with E-state index < -0.39 is 0 Å². The maximum atomic E-state index is 12.5. The quantitative estimate of drug-likeness (QED) is 0.758. The molecule has 30 heavy (non-hydrogen) atoms. The Labute approximate surface area is 179 Å². The number of nitriles is 1. The number of hydrogen-bond acceptors (Lipinski definition) is 6. The van der Waals surface area contributed by atoms with Crippen LogP contribution in [0.15, 0.2) is 36.5 Å². The van der Waals surface area contributed by atoms with Crippen LogP contribution in [0.25, 0.3) is 0 Å². The molecule has 8 nitrogen and oxygen atoms in total. The van der Waals surface area contributed by atoms with Gasteiger partial charge in [-0.3, -0.25) is 9.59 Å². The summed E-state index contributed by atoms with van der Waals surface area (Å²) in [5.74, 6) is 0.775. The van der Waals surface area contributed by atoms with E-state index in [4.69, 9.17) is 26.3 Å². The van der Waals surface area contributed by atoms with Crippen molar-refractivity contribution in [3.8, 4) is 17.6 Å². The summed E-state index contributed by atoms with van der Waals surface area (Å²) in [5.41, 5.74) is 0.444. The number of halogens is 1. The van der Waals surface area contributed by atoms with E-state index in [9.17, 15) is 9.59 Å². The van der Waals surface area contributed by atoms with Crippen molar-refractivity contribution in [3.63, 3.8) is 0 Å². The van der Waals surface area contributed by atoms with Gasteiger partial charge in [0.15, 0.2) is 18.1 Å². The van der Waals surface area contributed by atoms with Crippen LogP contribution >= 0.6 is 11.6 Å². The molecule has 9 heteroatoms. The van der Waals surface area contributed by atoms with Crippen LogP contribution in [0, 0.1) is 17.2 Å². The second kappa shape index (κ2) is 9.94. The van der Waals surface area contributed by atoms with Gasteiger partial charge in [-0.1, -0.05) is 11.6 Å². The second-order valence-electron chi connectivity index (χ2n) is 6.77. The number of amides is 2. The van der Waals surface area contributed by atoms with Crippen molar-refractivity contribution in [1.29, 1.82) is 5.26 Å². The Morgan fingerprint density at radius 3 is 2.67 bits per heavy atom. The van der Waals surface area contributed by atoms with Gasteiger partial charge < -0.3 is 19.7 Å². The third-order valence-corrected chi connectivity index (χ3v) is 5.06. The molecule has 0 bridgehead atoms. The standard InChI is InChI=1S/C21H21ClN4O4/c1-29-18-10-14(11-23)2-4-17(18)30-13-20(27)26-8-6-15(7-9-26)21(28)25-19-5-3-16(22)12-24-19/h2-5,10,12,15H,6-9,13H2,1H3,(H,24,25,28). The van der Waals surface area contributed by atoms with Gasteiger partial charge in [-0.15, -0.1) is 0 Å². The number of likely N-dealkylation sites (tertiary alicyclic amines) is 1. The zero-order valence-corrected chi connectivity index (χ0v) is 17.2. The van der Waals surface area contributed by atoms with Gasteiger partial charge in [0, 0.05) is 31.3 Å². The summed E-state index contributed by atoms with van der Waals surface area (Å²) in [7, 11) is 1.47. The average molecular weight is 429 g/mol. The van der Waals surface area contributed by atoms with Crippen LogP contribution in [0.5, 0.6) is 11.5 Å². The maximum Gasteiger partial charge on any atom is 0.260 e. The maximum absolute atomic E-state index is 12.5. The predicted octanol–water partition coefficient (Wildman–Crippen LogP) is 2.87. The van der Waals surface area contributed by atoms with Crippen molar-refractivity contribution in [1.82, 2.24) is 9.88 Å². The molecule has 2 heterocycles. The van der Waals surface area contributed by atoms with E-state index in [1.54, 1.807) is 35.2 Å². The Morgan fingerprint density at radius 1 is 1.27 bits per heavy atom. The number of carbonyl (C=O) groups excluding carboxylic acids is 2. The van der Waals surface area contributed by atoms with Gasteiger partial charge in [-0.25, -0.2) is 4.98 Å². The molecule has 1 aliphatic heterocycles. The topological polar surface area (TPSA) is 105 Å². The molecule has 3 rings (SSSR count). The summed E-state index contributed by atoms with van der Waals surface area (Å²) in [5, 5.41) is 12.2. The molecule has 0 atom stereocenters. The molecule has 1 saturated heterocycles. The molecule has 1 fully saturated rings.